The zero-order valence-corrected chi connectivity index (χ0v) is 19.6. The van der Waals surface area contributed by atoms with E-state index in [1.807, 2.05) is 67.6 Å². The largest absolute Gasteiger partial charge is 0.449 e. The average Bonchev–Trinajstić information content (AvgIpc) is 2.84. The van der Waals surface area contributed by atoms with Crippen molar-refractivity contribution in [3.63, 3.8) is 0 Å². The molecule has 0 radical (unpaired) electrons. The number of alkyl carbamates (subject to hydrolysis) is 1. The second-order valence-corrected chi connectivity index (χ2v) is 9.59. The van der Waals surface area contributed by atoms with Crippen LogP contribution < -0.4 is 5.32 Å². The predicted octanol–water partition coefficient (Wildman–Crippen LogP) is 3.38. The first-order valence-corrected chi connectivity index (χ1v) is 12.5. The van der Waals surface area contributed by atoms with E-state index in [0.717, 1.165) is 17.5 Å². The normalized spacial score (nSPS) is 19.4. The van der Waals surface area contributed by atoms with Crippen molar-refractivity contribution in [3.05, 3.63) is 83.2 Å². The van der Waals surface area contributed by atoms with E-state index in [9.17, 15) is 18.6 Å². The first-order valence-electron chi connectivity index (χ1n) is 11.2. The molecule has 0 saturated carbocycles. The first-order chi connectivity index (χ1) is 16.5. The lowest BCUT2D eigenvalue weighted by molar-refractivity contribution is -0.152. The summed E-state index contributed by atoms with van der Waals surface area (Å²) >= 11 is 0. The van der Waals surface area contributed by atoms with E-state index in [1.165, 1.54) is 4.90 Å². The molecule has 8 nitrogen and oxygen atoms in total. The molecule has 1 N–H and O–H groups in total. The topological polar surface area (TPSA) is 102 Å². The molecule has 2 aliphatic rings. The minimum atomic E-state index is -1.46. The van der Waals surface area contributed by atoms with E-state index in [0.29, 0.717) is 6.42 Å². The molecule has 2 atom stereocenters. The van der Waals surface area contributed by atoms with Gasteiger partial charge in [-0.05, 0) is 17.5 Å². The number of amides is 2. The molecular weight excluding hydrogens is 456 g/mol. The van der Waals surface area contributed by atoms with Crippen molar-refractivity contribution in [3.8, 4) is 0 Å². The van der Waals surface area contributed by atoms with Gasteiger partial charge in [-0.15, -0.1) is 0 Å². The molecule has 2 heterocycles. The van der Waals surface area contributed by atoms with Crippen LogP contribution in [0.2, 0.25) is 0 Å². The van der Waals surface area contributed by atoms with Crippen molar-refractivity contribution in [2.45, 2.75) is 37.7 Å². The van der Waals surface area contributed by atoms with Gasteiger partial charge in [-0.3, -0.25) is 19.2 Å². The van der Waals surface area contributed by atoms with Crippen molar-refractivity contribution < 1.29 is 28.1 Å². The van der Waals surface area contributed by atoms with Gasteiger partial charge in [0.05, 0.1) is 35.3 Å². The van der Waals surface area contributed by atoms with E-state index < -0.39 is 34.3 Å². The summed E-state index contributed by atoms with van der Waals surface area (Å²) in [6.07, 6.45) is 0.123. The summed E-state index contributed by atoms with van der Waals surface area (Å²) in [6.45, 7) is 2.18. The average molecular weight is 483 g/mol. The van der Waals surface area contributed by atoms with Gasteiger partial charge in [-0.1, -0.05) is 74.0 Å². The zero-order valence-electron chi connectivity index (χ0n) is 18.8. The lowest BCUT2D eigenvalue weighted by atomic mass is 10.0. The van der Waals surface area contributed by atoms with Crippen molar-refractivity contribution in [2.24, 2.45) is 0 Å². The van der Waals surface area contributed by atoms with Crippen molar-refractivity contribution in [1.29, 1.82) is 0 Å². The predicted molar refractivity (Wildman–Crippen MR) is 125 cm³/mol. The Bertz CT molecular complexity index is 1080. The Morgan fingerprint density at radius 3 is 2.26 bits per heavy atom. The van der Waals surface area contributed by atoms with Crippen LogP contribution in [0.25, 0.3) is 0 Å². The van der Waals surface area contributed by atoms with E-state index in [2.05, 4.69) is 5.32 Å². The quantitative estimate of drug-likeness (QED) is 0.352. The number of β-lactam (4-membered cyclic amide) rings is 1. The Kier molecular flexibility index (Phi) is 7.42. The van der Waals surface area contributed by atoms with Crippen molar-refractivity contribution in [1.82, 2.24) is 10.2 Å². The van der Waals surface area contributed by atoms with Gasteiger partial charge in [0.25, 0.3) is 0 Å². The van der Waals surface area contributed by atoms with Gasteiger partial charge >= 0.3 is 12.1 Å². The molecule has 1 fully saturated rings. The van der Waals surface area contributed by atoms with Gasteiger partial charge in [0, 0.05) is 0 Å². The van der Waals surface area contributed by atoms with Crippen LogP contribution >= 0.6 is 0 Å². The third kappa shape index (κ3) is 5.04. The van der Waals surface area contributed by atoms with Crippen LogP contribution in [0, 0.1) is 0 Å². The van der Waals surface area contributed by atoms with Gasteiger partial charge in [0.15, 0.2) is 11.8 Å². The lowest BCUT2D eigenvalue weighted by Gasteiger charge is -2.43. The molecule has 9 heteroatoms. The fourth-order valence-electron chi connectivity index (χ4n) is 3.85. The summed E-state index contributed by atoms with van der Waals surface area (Å²) in [5.41, 5.74) is 1.48. The van der Waals surface area contributed by atoms with Crippen LogP contribution in [-0.2, 0) is 29.9 Å². The van der Waals surface area contributed by atoms with Gasteiger partial charge < -0.3 is 9.47 Å². The number of carbonyl (C=O) groups is 3. The Morgan fingerprint density at radius 2 is 1.71 bits per heavy atom. The van der Waals surface area contributed by atoms with Gasteiger partial charge in [0.1, 0.15) is 5.37 Å². The molecule has 2 aromatic rings. The first kappa shape index (κ1) is 23.7. The van der Waals surface area contributed by atoms with Gasteiger partial charge in [0.2, 0.25) is 5.91 Å². The molecule has 0 bridgehead atoms. The SMILES string of the molecule is CCCCOC(=O)NC1=C(C(=O)OC(c2ccccc2)c2ccccc2)N2C(=O)CC2S(=O)C1. The summed E-state index contributed by atoms with van der Waals surface area (Å²) in [4.78, 5) is 39.4. The number of hydrogen-bond donors (Lipinski definition) is 1. The number of carbonyl (C=O) groups excluding carboxylic acids is 3. The van der Waals surface area contributed by atoms with Crippen LogP contribution in [0.1, 0.15) is 43.4 Å². The highest BCUT2D eigenvalue weighted by Gasteiger charge is 2.50. The summed E-state index contributed by atoms with van der Waals surface area (Å²) in [7, 11) is -1.46. The van der Waals surface area contributed by atoms with Gasteiger partial charge in [-0.2, -0.15) is 0 Å². The summed E-state index contributed by atoms with van der Waals surface area (Å²) < 4.78 is 23.7. The number of nitrogens with one attached hydrogen (secondary N) is 1. The number of esters is 1. The zero-order chi connectivity index (χ0) is 24.1. The summed E-state index contributed by atoms with van der Waals surface area (Å²) in [5.74, 6) is -1.21. The molecule has 2 aliphatic heterocycles. The molecule has 2 aromatic carbocycles. The fraction of sp³-hybridized carbons (Fsp3) is 0.320. The number of rotatable bonds is 8. The molecule has 2 amide bonds. The summed E-state index contributed by atoms with van der Waals surface area (Å²) in [6, 6.07) is 18.5. The van der Waals surface area contributed by atoms with E-state index in [-0.39, 0.29) is 36.1 Å². The lowest BCUT2D eigenvalue weighted by Crippen LogP contribution is -2.59. The number of ether oxygens (including phenoxy) is 2. The molecule has 34 heavy (non-hydrogen) atoms. The van der Waals surface area contributed by atoms with E-state index in [4.69, 9.17) is 9.47 Å². The van der Waals surface area contributed by atoms with Crippen molar-refractivity contribution >= 4 is 28.8 Å². The van der Waals surface area contributed by atoms with Gasteiger partial charge in [-0.25, -0.2) is 9.59 Å². The Hall–Kier alpha value is -3.46. The number of fused-ring (bicyclic) bond motifs is 1. The van der Waals surface area contributed by atoms with Crippen LogP contribution in [0.3, 0.4) is 0 Å². The fourth-order valence-corrected chi connectivity index (χ4v) is 5.32. The summed E-state index contributed by atoms with van der Waals surface area (Å²) in [5, 5.41) is 1.92. The molecule has 178 valence electrons. The van der Waals surface area contributed by atoms with Crippen LogP contribution in [0.4, 0.5) is 4.79 Å². The van der Waals surface area contributed by atoms with Crippen LogP contribution in [0.15, 0.2) is 72.1 Å². The maximum Gasteiger partial charge on any atom is 0.411 e. The van der Waals surface area contributed by atoms with E-state index in [1.54, 1.807) is 0 Å². The standard InChI is InChI=1S/C25H26N2O6S/c1-2-3-14-32-25(30)26-19-16-34(31)21-15-20(28)27(21)22(19)24(29)33-23(17-10-6-4-7-11-17)18-12-8-5-9-13-18/h4-13,21,23H,2-3,14-16H2,1H3,(H,26,30). The second-order valence-electron chi connectivity index (χ2n) is 8.00. The highest BCUT2D eigenvalue weighted by molar-refractivity contribution is 7.86. The number of nitrogens with zero attached hydrogens (tertiary/aromatic N) is 1. The van der Waals surface area contributed by atoms with Crippen LogP contribution in [0.5, 0.6) is 0 Å². The smallest absolute Gasteiger partial charge is 0.411 e. The minimum Gasteiger partial charge on any atom is -0.449 e. The molecule has 0 aromatic heterocycles. The Balaban J connectivity index is 1.65. The molecular formula is C25H26N2O6S. The molecule has 4 rings (SSSR count). The van der Waals surface area contributed by atoms with E-state index >= 15 is 0 Å². The molecule has 0 aliphatic carbocycles. The Labute approximate surface area is 200 Å². The minimum absolute atomic E-state index is 0.0639. The monoisotopic (exact) mass is 482 g/mol. The number of benzene rings is 2. The highest BCUT2D eigenvalue weighted by atomic mass is 32.2. The number of unbranched alkanes of at least 4 members (excludes halogenated alkanes) is 1. The maximum absolute atomic E-state index is 13.5. The Morgan fingerprint density at radius 1 is 1.09 bits per heavy atom. The third-order valence-electron chi connectivity index (χ3n) is 5.63. The molecule has 2 unspecified atom stereocenters. The molecule has 1 saturated heterocycles. The molecule has 0 spiro atoms. The maximum atomic E-state index is 13.5. The number of hydrogen-bond acceptors (Lipinski definition) is 6. The third-order valence-corrected chi connectivity index (χ3v) is 7.19. The highest BCUT2D eigenvalue weighted by Crippen LogP contribution is 2.36. The second kappa shape index (κ2) is 10.6. The van der Waals surface area contributed by atoms with Crippen LogP contribution in [-0.4, -0.2) is 44.8 Å². The van der Waals surface area contributed by atoms with Crippen molar-refractivity contribution in [2.75, 3.05) is 12.4 Å².